The fourth-order valence-electron chi connectivity index (χ4n) is 0.240. The fraction of sp³-hybridized carbons (Fsp3) is 0.600. The molecule has 3 heteroatoms. The molecule has 2 nitrogen and oxygen atoms in total. The molecule has 0 bridgehead atoms. The van der Waals surface area contributed by atoms with Gasteiger partial charge in [-0.2, -0.15) is 0 Å². The predicted octanol–water partition coefficient (Wildman–Crippen LogP) is 1.59. The third kappa shape index (κ3) is 5.69. The van der Waals surface area contributed by atoms with Crippen molar-refractivity contribution in [1.29, 1.82) is 0 Å². The summed E-state index contributed by atoms with van der Waals surface area (Å²) < 4.78 is 3.38. The topological polar surface area (TPSA) is 24.7 Å². The molecule has 0 aromatic rings. The van der Waals surface area contributed by atoms with Crippen molar-refractivity contribution < 1.29 is 0 Å². The van der Waals surface area contributed by atoms with Gasteiger partial charge in [0.05, 0.1) is 0 Å². The van der Waals surface area contributed by atoms with E-state index in [1.54, 1.807) is 6.21 Å². The summed E-state index contributed by atoms with van der Waals surface area (Å²) >= 11 is 3.58. The molecule has 0 N–H and O–H groups in total. The summed E-state index contributed by atoms with van der Waals surface area (Å²) in [4.78, 5) is 3.80. The summed E-state index contributed by atoms with van der Waals surface area (Å²) in [5.74, 6) is 0.487. The Morgan fingerprint density at radius 1 is 1.50 bits per heavy atom. The van der Waals surface area contributed by atoms with Gasteiger partial charge in [-0.15, -0.1) is 0 Å². The Bertz CT molecular complexity index is 96.6. The van der Waals surface area contributed by atoms with Gasteiger partial charge in [-0.25, -0.2) is 9.39 Å². The predicted molar refractivity (Wildman–Crippen MR) is 40.8 cm³/mol. The molecule has 0 radical (unpaired) electrons. The number of hydrogen-bond acceptors (Lipinski definition) is 2. The van der Waals surface area contributed by atoms with Crippen LogP contribution in [0.2, 0.25) is 0 Å². The molecular weight excluding hydrogens is 120 g/mol. The van der Waals surface area contributed by atoms with E-state index >= 15 is 0 Å². The summed E-state index contributed by atoms with van der Waals surface area (Å²) in [6.07, 6.45) is 3.21. The third-order valence-electron chi connectivity index (χ3n) is 0.503. The van der Waals surface area contributed by atoms with Gasteiger partial charge in [0.2, 0.25) is 0 Å². The Kier molecular flexibility index (Phi) is 4.65. The monoisotopic (exact) mass is 130 g/mol. The van der Waals surface area contributed by atoms with Gasteiger partial charge in [0.15, 0.2) is 0 Å². The van der Waals surface area contributed by atoms with Crippen molar-refractivity contribution in [3.8, 4) is 0 Å². The summed E-state index contributed by atoms with van der Waals surface area (Å²) in [6, 6.07) is 0. The molecule has 0 saturated carbocycles. The van der Waals surface area contributed by atoms with Gasteiger partial charge in [-0.05, 0) is 18.7 Å². The largest absolute Gasteiger partial charge is 0.248 e. The molecule has 0 heterocycles. The van der Waals surface area contributed by atoms with E-state index in [0.29, 0.717) is 5.92 Å². The van der Waals surface area contributed by atoms with E-state index in [2.05, 4.69) is 36.1 Å². The van der Waals surface area contributed by atoms with Crippen LogP contribution in [0.25, 0.3) is 0 Å². The van der Waals surface area contributed by atoms with Crippen molar-refractivity contribution in [3.63, 3.8) is 0 Å². The molecule has 46 valence electrons. The molecule has 0 aromatic heterocycles. The molecule has 0 amide bonds. The van der Waals surface area contributed by atoms with Crippen LogP contribution in [0.3, 0.4) is 0 Å². The summed E-state index contributed by atoms with van der Waals surface area (Å²) in [5.41, 5.74) is 0. The van der Waals surface area contributed by atoms with Crippen molar-refractivity contribution in [2.24, 2.45) is 15.3 Å². The average molecular weight is 130 g/mol. The Labute approximate surface area is 55.3 Å². The van der Waals surface area contributed by atoms with Crippen LogP contribution in [-0.2, 0) is 0 Å². The molecule has 0 aliphatic carbocycles. The van der Waals surface area contributed by atoms with E-state index in [1.165, 1.54) is 6.34 Å². The number of nitrogens with zero attached hydrogens (tertiary/aromatic N) is 2. The first-order chi connectivity index (χ1) is 3.77. The van der Waals surface area contributed by atoms with E-state index in [4.69, 9.17) is 0 Å². The number of rotatable bonds is 2. The highest BCUT2D eigenvalue weighted by Gasteiger charge is 1.79. The fourth-order valence-corrected chi connectivity index (χ4v) is 0.300. The van der Waals surface area contributed by atoms with Gasteiger partial charge >= 0.3 is 0 Å². The first kappa shape index (κ1) is 7.69. The summed E-state index contributed by atoms with van der Waals surface area (Å²) in [7, 11) is 0. The lowest BCUT2D eigenvalue weighted by Crippen LogP contribution is -1.85. The maximum absolute atomic E-state index is 3.80. The Hall–Kier alpha value is -0.310. The molecule has 0 saturated heterocycles. The highest BCUT2D eigenvalue weighted by atomic mass is 32.1. The van der Waals surface area contributed by atoms with Crippen LogP contribution in [0.5, 0.6) is 0 Å². The molecular formula is C5H10N2S. The van der Waals surface area contributed by atoms with Crippen LogP contribution in [0.4, 0.5) is 0 Å². The van der Waals surface area contributed by atoms with Crippen molar-refractivity contribution in [2.75, 3.05) is 0 Å². The minimum Gasteiger partial charge on any atom is -0.248 e. The van der Waals surface area contributed by atoms with E-state index in [-0.39, 0.29) is 0 Å². The SMILES string of the molecule is CC(C)C=N/C=N\S. The normalized spacial score (nSPS) is 12.5. The van der Waals surface area contributed by atoms with E-state index < -0.39 is 0 Å². The molecule has 0 spiro atoms. The molecule has 0 aromatic carbocycles. The maximum Gasteiger partial charge on any atom is 0.122 e. The van der Waals surface area contributed by atoms with Crippen LogP contribution in [0.1, 0.15) is 13.8 Å². The number of aliphatic imine (C=N–C) groups is 1. The molecule has 0 fully saturated rings. The molecule has 0 rings (SSSR count). The molecule has 8 heavy (non-hydrogen) atoms. The Morgan fingerprint density at radius 2 is 2.12 bits per heavy atom. The van der Waals surface area contributed by atoms with Crippen LogP contribution in [0.15, 0.2) is 9.39 Å². The zero-order chi connectivity index (χ0) is 6.41. The second-order valence-corrected chi connectivity index (χ2v) is 2.00. The van der Waals surface area contributed by atoms with Gasteiger partial charge in [0.1, 0.15) is 6.34 Å². The van der Waals surface area contributed by atoms with Gasteiger partial charge in [-0.1, -0.05) is 13.8 Å². The van der Waals surface area contributed by atoms with Gasteiger partial charge in [-0.3, -0.25) is 0 Å². The molecule has 0 unspecified atom stereocenters. The third-order valence-corrected chi connectivity index (χ3v) is 0.606. The second kappa shape index (κ2) is 4.84. The summed E-state index contributed by atoms with van der Waals surface area (Å²) in [5, 5.41) is 0. The number of thiol groups is 1. The zero-order valence-electron chi connectivity index (χ0n) is 5.07. The highest BCUT2D eigenvalue weighted by molar-refractivity contribution is 7.78. The lowest BCUT2D eigenvalue weighted by molar-refractivity contribution is 0.909. The number of hydrogen-bond donors (Lipinski definition) is 1. The minimum atomic E-state index is 0.487. The van der Waals surface area contributed by atoms with Crippen molar-refractivity contribution in [3.05, 3.63) is 0 Å². The van der Waals surface area contributed by atoms with Crippen molar-refractivity contribution >= 4 is 25.4 Å². The van der Waals surface area contributed by atoms with Gasteiger partial charge < -0.3 is 0 Å². The maximum atomic E-state index is 3.80. The smallest absolute Gasteiger partial charge is 0.122 e. The van der Waals surface area contributed by atoms with Crippen LogP contribution in [0, 0.1) is 5.92 Å². The first-order valence-corrected chi connectivity index (χ1v) is 2.86. The van der Waals surface area contributed by atoms with Crippen molar-refractivity contribution in [2.45, 2.75) is 13.8 Å². The van der Waals surface area contributed by atoms with Crippen molar-refractivity contribution in [1.82, 2.24) is 0 Å². The van der Waals surface area contributed by atoms with Gasteiger partial charge in [0.25, 0.3) is 0 Å². The van der Waals surface area contributed by atoms with Gasteiger partial charge in [0, 0.05) is 6.21 Å². The lowest BCUT2D eigenvalue weighted by Gasteiger charge is -1.86. The molecule has 0 aliphatic heterocycles. The minimum absolute atomic E-state index is 0.487. The second-order valence-electron chi connectivity index (χ2n) is 1.77. The van der Waals surface area contributed by atoms with E-state index in [9.17, 15) is 0 Å². The Morgan fingerprint density at radius 3 is 2.50 bits per heavy atom. The zero-order valence-corrected chi connectivity index (χ0v) is 5.97. The first-order valence-electron chi connectivity index (χ1n) is 2.46. The van der Waals surface area contributed by atoms with Crippen LogP contribution in [-0.4, -0.2) is 12.6 Å². The highest BCUT2D eigenvalue weighted by Crippen LogP contribution is 1.83. The lowest BCUT2D eigenvalue weighted by atomic mass is 10.3. The molecule has 0 aliphatic rings. The van der Waals surface area contributed by atoms with Crippen LogP contribution < -0.4 is 0 Å². The molecule has 0 atom stereocenters. The van der Waals surface area contributed by atoms with E-state index in [0.717, 1.165) is 0 Å². The van der Waals surface area contributed by atoms with E-state index in [1.807, 2.05) is 0 Å². The van der Waals surface area contributed by atoms with Crippen LogP contribution >= 0.6 is 12.8 Å². The summed E-state index contributed by atoms with van der Waals surface area (Å²) in [6.45, 7) is 4.10. The quantitative estimate of drug-likeness (QED) is 0.333. The average Bonchev–Trinajstić information content (AvgIpc) is 1.66. The Balaban J connectivity index is 3.34. The standard InChI is InChI=1S/C5H10N2S/c1-5(2)3-6-4-7-8/h3-5,8H,1-2H3/b6-3?,7-4-.